The summed E-state index contributed by atoms with van der Waals surface area (Å²) in [4.78, 5) is 0. The first kappa shape index (κ1) is 5.83. The minimum absolute atomic E-state index is 0.799. The van der Waals surface area contributed by atoms with Gasteiger partial charge in [0.2, 0.25) is 0 Å². The summed E-state index contributed by atoms with van der Waals surface area (Å²) in [5.74, 6) is 0.912. The Morgan fingerprint density at radius 1 is 1.88 bits per heavy atom. The van der Waals surface area contributed by atoms with Gasteiger partial charge < -0.3 is 5.32 Å². The third-order valence-corrected chi connectivity index (χ3v) is 1.63. The van der Waals surface area contributed by atoms with E-state index in [0.717, 1.165) is 18.5 Å². The molecule has 1 N–H and O–H groups in total. The van der Waals surface area contributed by atoms with Crippen LogP contribution in [0.3, 0.4) is 0 Å². The Balaban J connectivity index is 1.97. The van der Waals surface area contributed by atoms with Gasteiger partial charge in [-0.2, -0.15) is 0 Å². The monoisotopic (exact) mass is 111 g/mol. The summed E-state index contributed by atoms with van der Waals surface area (Å²) in [6.07, 6.45) is 3.26. The molecule has 0 amide bonds. The molecule has 1 rings (SSSR count). The van der Waals surface area contributed by atoms with E-state index in [1.165, 1.54) is 6.42 Å². The lowest BCUT2D eigenvalue weighted by molar-refractivity contribution is 0.705. The minimum Gasteiger partial charge on any atom is -0.310 e. The lowest BCUT2D eigenvalue weighted by Gasteiger charge is -1.93. The van der Waals surface area contributed by atoms with E-state index < -0.39 is 0 Å². The van der Waals surface area contributed by atoms with Crippen molar-refractivity contribution in [1.82, 2.24) is 5.32 Å². The van der Waals surface area contributed by atoms with Crippen molar-refractivity contribution in [2.24, 2.45) is 5.92 Å². The highest BCUT2D eigenvalue weighted by atomic mass is 15.0. The van der Waals surface area contributed by atoms with Gasteiger partial charge in [-0.25, -0.2) is 0 Å². The number of hydrogen-bond donors (Lipinski definition) is 1. The molecule has 0 spiro atoms. The highest BCUT2D eigenvalue weighted by Gasteiger charge is 2.30. The van der Waals surface area contributed by atoms with Gasteiger partial charge in [-0.15, -0.1) is 6.58 Å². The Morgan fingerprint density at radius 2 is 2.50 bits per heavy atom. The summed E-state index contributed by atoms with van der Waals surface area (Å²) >= 11 is 0. The Labute approximate surface area is 50.8 Å². The van der Waals surface area contributed by atoms with Gasteiger partial charge >= 0.3 is 0 Å². The maximum Gasteiger partial charge on any atom is 0.0134 e. The molecule has 46 valence electrons. The molecule has 0 radical (unpaired) electrons. The predicted molar refractivity (Wildman–Crippen MR) is 35.8 cm³/mol. The molecule has 1 saturated carbocycles. The van der Waals surface area contributed by atoms with Gasteiger partial charge in [0.05, 0.1) is 0 Å². The van der Waals surface area contributed by atoms with Crippen LogP contribution in [-0.2, 0) is 0 Å². The average Bonchev–Trinajstić information content (AvgIpc) is 2.42. The normalized spacial score (nSPS) is 34.6. The number of nitrogens with one attached hydrogen (secondary N) is 1. The molecule has 0 aliphatic heterocycles. The number of rotatable bonds is 3. The lowest BCUT2D eigenvalue weighted by atomic mass is 10.5. The third-order valence-electron chi connectivity index (χ3n) is 1.63. The van der Waals surface area contributed by atoms with Crippen LogP contribution in [0.15, 0.2) is 12.7 Å². The molecule has 2 atom stereocenters. The van der Waals surface area contributed by atoms with Crippen molar-refractivity contribution in [2.75, 3.05) is 6.54 Å². The molecule has 0 unspecified atom stereocenters. The zero-order chi connectivity index (χ0) is 5.98. The average molecular weight is 111 g/mol. The first-order chi connectivity index (χ1) is 3.84. The second-order valence-electron chi connectivity index (χ2n) is 2.52. The Kier molecular flexibility index (Phi) is 1.69. The van der Waals surface area contributed by atoms with Crippen LogP contribution in [0.4, 0.5) is 0 Å². The summed E-state index contributed by atoms with van der Waals surface area (Å²) in [5.41, 5.74) is 0. The van der Waals surface area contributed by atoms with Gasteiger partial charge in [0.25, 0.3) is 0 Å². The van der Waals surface area contributed by atoms with E-state index in [1.54, 1.807) is 0 Å². The summed E-state index contributed by atoms with van der Waals surface area (Å²) in [5, 5.41) is 3.34. The second kappa shape index (κ2) is 2.31. The van der Waals surface area contributed by atoms with Crippen molar-refractivity contribution in [1.29, 1.82) is 0 Å². The van der Waals surface area contributed by atoms with Crippen molar-refractivity contribution >= 4 is 0 Å². The van der Waals surface area contributed by atoms with Crippen LogP contribution >= 0.6 is 0 Å². The molecule has 1 fully saturated rings. The Morgan fingerprint density at radius 3 is 2.88 bits per heavy atom. The van der Waals surface area contributed by atoms with E-state index in [-0.39, 0.29) is 0 Å². The van der Waals surface area contributed by atoms with Crippen LogP contribution in [0.5, 0.6) is 0 Å². The molecule has 1 aliphatic rings. The lowest BCUT2D eigenvalue weighted by Crippen LogP contribution is -2.16. The molecule has 8 heavy (non-hydrogen) atoms. The fraction of sp³-hybridized carbons (Fsp3) is 0.714. The second-order valence-corrected chi connectivity index (χ2v) is 2.52. The van der Waals surface area contributed by atoms with Crippen LogP contribution < -0.4 is 5.32 Å². The molecule has 0 aromatic rings. The van der Waals surface area contributed by atoms with Gasteiger partial charge in [-0.3, -0.25) is 0 Å². The molecule has 0 saturated heterocycles. The van der Waals surface area contributed by atoms with Gasteiger partial charge in [-0.1, -0.05) is 13.0 Å². The Hall–Kier alpha value is -0.300. The molecule has 1 nitrogen and oxygen atoms in total. The summed E-state index contributed by atoms with van der Waals surface area (Å²) < 4.78 is 0. The van der Waals surface area contributed by atoms with Crippen LogP contribution in [0, 0.1) is 5.92 Å². The molecular formula is C7H13N. The van der Waals surface area contributed by atoms with Crippen LogP contribution in [0.1, 0.15) is 13.3 Å². The first-order valence-electron chi connectivity index (χ1n) is 3.19. The molecule has 0 aromatic heterocycles. The van der Waals surface area contributed by atoms with Gasteiger partial charge in [-0.05, 0) is 12.3 Å². The molecule has 0 bridgehead atoms. The van der Waals surface area contributed by atoms with Crippen LogP contribution in [0.25, 0.3) is 0 Å². The van der Waals surface area contributed by atoms with E-state index in [2.05, 4.69) is 18.8 Å². The summed E-state index contributed by atoms with van der Waals surface area (Å²) in [6.45, 7) is 6.85. The minimum atomic E-state index is 0.799. The van der Waals surface area contributed by atoms with Crippen LogP contribution in [0.2, 0.25) is 0 Å². The van der Waals surface area contributed by atoms with E-state index >= 15 is 0 Å². The van der Waals surface area contributed by atoms with E-state index in [0.29, 0.717) is 0 Å². The first-order valence-corrected chi connectivity index (χ1v) is 3.19. The maximum absolute atomic E-state index is 3.62. The zero-order valence-electron chi connectivity index (χ0n) is 5.35. The summed E-state index contributed by atoms with van der Waals surface area (Å²) in [7, 11) is 0. The molecule has 0 aromatic carbocycles. The topological polar surface area (TPSA) is 12.0 Å². The standard InChI is InChI=1S/C7H13N/c1-3-4-8-7-5-6(7)2/h3,6-8H,1,4-5H2,2H3/t6-,7+/m0/s1. The molecule has 0 heterocycles. The molecule has 1 heteroatoms. The van der Waals surface area contributed by atoms with Gasteiger partial charge in [0.15, 0.2) is 0 Å². The quantitative estimate of drug-likeness (QED) is 0.539. The third kappa shape index (κ3) is 1.34. The predicted octanol–water partition coefficient (Wildman–Crippen LogP) is 1.17. The zero-order valence-corrected chi connectivity index (χ0v) is 5.35. The maximum atomic E-state index is 3.62. The SMILES string of the molecule is C=CCN[C@@H]1C[C@@H]1C. The van der Waals surface area contributed by atoms with Gasteiger partial charge in [0, 0.05) is 12.6 Å². The highest BCUT2D eigenvalue weighted by Crippen LogP contribution is 2.28. The van der Waals surface area contributed by atoms with Crippen molar-refractivity contribution in [3.8, 4) is 0 Å². The number of hydrogen-bond acceptors (Lipinski definition) is 1. The van der Waals surface area contributed by atoms with Crippen molar-refractivity contribution in [3.63, 3.8) is 0 Å². The molecule has 1 aliphatic carbocycles. The van der Waals surface area contributed by atoms with Gasteiger partial charge in [0.1, 0.15) is 0 Å². The highest BCUT2D eigenvalue weighted by molar-refractivity contribution is 4.91. The fourth-order valence-corrected chi connectivity index (χ4v) is 0.841. The largest absolute Gasteiger partial charge is 0.310 e. The van der Waals surface area contributed by atoms with E-state index in [9.17, 15) is 0 Å². The van der Waals surface area contributed by atoms with Crippen molar-refractivity contribution in [2.45, 2.75) is 19.4 Å². The van der Waals surface area contributed by atoms with Crippen molar-refractivity contribution in [3.05, 3.63) is 12.7 Å². The van der Waals surface area contributed by atoms with E-state index in [1.807, 2.05) is 6.08 Å². The Bertz CT molecular complexity index is 88.4. The molecular weight excluding hydrogens is 98.1 g/mol. The summed E-state index contributed by atoms with van der Waals surface area (Å²) in [6, 6.07) is 0.799. The van der Waals surface area contributed by atoms with Crippen molar-refractivity contribution < 1.29 is 0 Å². The fourth-order valence-electron chi connectivity index (χ4n) is 0.841. The van der Waals surface area contributed by atoms with E-state index in [4.69, 9.17) is 0 Å². The smallest absolute Gasteiger partial charge is 0.0134 e. The van der Waals surface area contributed by atoms with Crippen LogP contribution in [-0.4, -0.2) is 12.6 Å².